The molecule has 0 unspecified atom stereocenters. The third-order valence-corrected chi connectivity index (χ3v) is 2.19. The summed E-state index contributed by atoms with van der Waals surface area (Å²) in [6.07, 6.45) is 1.65. The number of ketones is 1. The first-order valence-electron chi connectivity index (χ1n) is 3.90. The van der Waals surface area contributed by atoms with E-state index in [0.717, 1.165) is 12.0 Å². The molecule has 0 amide bonds. The number of carbonyl (C=O) groups excluding carboxylic acids is 1. The Morgan fingerprint density at radius 1 is 1.27 bits per heavy atom. The summed E-state index contributed by atoms with van der Waals surface area (Å²) in [6.45, 7) is 2.02. The molecule has 0 atom stereocenters. The number of aryl methyl sites for hydroxylation is 2. The molecule has 56 valence electrons. The lowest BCUT2D eigenvalue weighted by molar-refractivity contribution is 0.0994. The molecule has 0 aliphatic heterocycles. The van der Waals surface area contributed by atoms with Crippen LogP contribution in [0.25, 0.3) is 0 Å². The lowest BCUT2D eigenvalue weighted by Gasteiger charge is -1.97. The van der Waals surface area contributed by atoms with Crippen molar-refractivity contribution in [3.63, 3.8) is 0 Å². The normalized spacial score (nSPS) is 15.2. The Bertz CT molecular complexity index is 313. The van der Waals surface area contributed by atoms with E-state index in [2.05, 4.69) is 12.1 Å². The van der Waals surface area contributed by atoms with Crippen LogP contribution in [0.1, 0.15) is 27.9 Å². The fraction of sp³-hybridized carbons (Fsp3) is 0.300. The van der Waals surface area contributed by atoms with Gasteiger partial charge in [-0.2, -0.15) is 0 Å². The second kappa shape index (κ2) is 2.19. The molecule has 0 aromatic heterocycles. The molecule has 0 bridgehead atoms. The van der Waals surface area contributed by atoms with Crippen molar-refractivity contribution in [2.75, 3.05) is 0 Å². The molecule has 1 aliphatic rings. The molecule has 0 radical (unpaired) electrons. The molecule has 0 N–H and O–H groups in total. The lowest BCUT2D eigenvalue weighted by atomic mass is 10.1. The minimum Gasteiger partial charge on any atom is -0.294 e. The summed E-state index contributed by atoms with van der Waals surface area (Å²) in [5, 5.41) is 0. The van der Waals surface area contributed by atoms with Gasteiger partial charge in [0.15, 0.2) is 5.78 Å². The van der Waals surface area contributed by atoms with E-state index in [9.17, 15) is 4.79 Å². The van der Waals surface area contributed by atoms with Gasteiger partial charge in [0, 0.05) is 12.0 Å². The highest BCUT2D eigenvalue weighted by molar-refractivity contribution is 6.00. The van der Waals surface area contributed by atoms with Gasteiger partial charge in [-0.25, -0.2) is 0 Å². The van der Waals surface area contributed by atoms with E-state index in [-0.39, 0.29) is 0 Å². The average molecular weight is 146 g/mol. The van der Waals surface area contributed by atoms with Crippen molar-refractivity contribution in [2.45, 2.75) is 19.8 Å². The van der Waals surface area contributed by atoms with Crippen LogP contribution in [0.15, 0.2) is 18.2 Å². The van der Waals surface area contributed by atoms with Gasteiger partial charge in [-0.1, -0.05) is 17.7 Å². The predicted octanol–water partition coefficient (Wildman–Crippen LogP) is 2.12. The number of benzene rings is 1. The quantitative estimate of drug-likeness (QED) is 0.548. The minimum atomic E-state index is 0.309. The number of hydrogen-bond acceptors (Lipinski definition) is 1. The van der Waals surface area contributed by atoms with E-state index >= 15 is 0 Å². The van der Waals surface area contributed by atoms with Crippen LogP contribution >= 0.6 is 0 Å². The van der Waals surface area contributed by atoms with Crippen molar-refractivity contribution in [3.05, 3.63) is 34.9 Å². The van der Waals surface area contributed by atoms with E-state index in [1.54, 1.807) is 0 Å². The van der Waals surface area contributed by atoms with Crippen LogP contribution in [-0.2, 0) is 6.42 Å². The van der Waals surface area contributed by atoms with Gasteiger partial charge in [0.25, 0.3) is 0 Å². The minimum absolute atomic E-state index is 0.309. The molecule has 0 saturated heterocycles. The van der Waals surface area contributed by atoms with Gasteiger partial charge >= 0.3 is 0 Å². The van der Waals surface area contributed by atoms with Gasteiger partial charge in [0.1, 0.15) is 0 Å². The molecule has 1 aromatic carbocycles. The maximum atomic E-state index is 11.2. The molecule has 1 aromatic rings. The Morgan fingerprint density at radius 2 is 2.09 bits per heavy atom. The highest BCUT2D eigenvalue weighted by atomic mass is 16.1. The first-order chi connectivity index (χ1) is 5.27. The van der Waals surface area contributed by atoms with Crippen molar-refractivity contribution in [1.29, 1.82) is 0 Å². The van der Waals surface area contributed by atoms with Crippen LogP contribution in [0.2, 0.25) is 0 Å². The molecule has 0 heterocycles. The maximum absolute atomic E-state index is 11.2. The van der Waals surface area contributed by atoms with Crippen molar-refractivity contribution >= 4 is 5.78 Å². The molecular weight excluding hydrogens is 136 g/mol. The Hall–Kier alpha value is -1.11. The summed E-state index contributed by atoms with van der Waals surface area (Å²) in [4.78, 5) is 11.2. The van der Waals surface area contributed by atoms with Crippen LogP contribution in [0.4, 0.5) is 0 Å². The van der Waals surface area contributed by atoms with Gasteiger partial charge in [-0.05, 0) is 25.0 Å². The summed E-state index contributed by atoms with van der Waals surface area (Å²) in [6, 6.07) is 6.12. The molecule has 1 heteroatoms. The molecule has 0 fully saturated rings. The Labute approximate surface area is 66.0 Å². The van der Waals surface area contributed by atoms with Crippen LogP contribution in [0, 0.1) is 6.92 Å². The van der Waals surface area contributed by atoms with Gasteiger partial charge in [0.2, 0.25) is 0 Å². The molecular formula is C10H10O. The van der Waals surface area contributed by atoms with Crippen molar-refractivity contribution < 1.29 is 4.79 Å². The summed E-state index contributed by atoms with van der Waals surface area (Å²) >= 11 is 0. The van der Waals surface area contributed by atoms with E-state index in [0.29, 0.717) is 12.2 Å². The standard InChI is InChI=1S/C10H10O/c1-7-2-3-8-4-5-10(11)9(8)6-7/h2-3,6H,4-5H2,1H3. The fourth-order valence-corrected chi connectivity index (χ4v) is 1.55. The predicted molar refractivity (Wildman–Crippen MR) is 43.8 cm³/mol. The zero-order valence-corrected chi connectivity index (χ0v) is 6.55. The average Bonchev–Trinajstić information content (AvgIpc) is 2.33. The first kappa shape index (κ1) is 6.59. The fourth-order valence-electron chi connectivity index (χ4n) is 1.55. The zero-order chi connectivity index (χ0) is 7.84. The van der Waals surface area contributed by atoms with Crippen LogP contribution < -0.4 is 0 Å². The summed E-state index contributed by atoms with van der Waals surface area (Å²) in [5.41, 5.74) is 3.35. The van der Waals surface area contributed by atoms with E-state index < -0.39 is 0 Å². The number of fused-ring (bicyclic) bond motifs is 1. The van der Waals surface area contributed by atoms with Crippen molar-refractivity contribution in [2.24, 2.45) is 0 Å². The van der Waals surface area contributed by atoms with E-state index in [1.807, 2.05) is 13.0 Å². The largest absolute Gasteiger partial charge is 0.294 e. The highest BCUT2D eigenvalue weighted by Crippen LogP contribution is 2.22. The lowest BCUT2D eigenvalue weighted by Crippen LogP contribution is -1.90. The topological polar surface area (TPSA) is 17.1 Å². The van der Waals surface area contributed by atoms with E-state index in [4.69, 9.17) is 0 Å². The molecule has 0 spiro atoms. The Kier molecular flexibility index (Phi) is 1.31. The Balaban J connectivity index is 2.60. The summed E-state index contributed by atoms with van der Waals surface area (Å²) < 4.78 is 0. The third-order valence-electron chi connectivity index (χ3n) is 2.19. The van der Waals surface area contributed by atoms with Crippen LogP contribution in [0.5, 0.6) is 0 Å². The smallest absolute Gasteiger partial charge is 0.163 e. The van der Waals surface area contributed by atoms with Gasteiger partial charge in [0.05, 0.1) is 0 Å². The molecule has 1 aliphatic carbocycles. The summed E-state index contributed by atoms with van der Waals surface area (Å²) in [5.74, 6) is 0.309. The molecule has 2 rings (SSSR count). The second-order valence-electron chi connectivity index (χ2n) is 3.08. The second-order valence-corrected chi connectivity index (χ2v) is 3.08. The zero-order valence-electron chi connectivity index (χ0n) is 6.55. The van der Waals surface area contributed by atoms with Crippen LogP contribution in [0.3, 0.4) is 0 Å². The third kappa shape index (κ3) is 0.967. The SMILES string of the molecule is Cc1ccc2c(c1)C(=O)CC2. The molecule has 1 nitrogen and oxygen atoms in total. The summed E-state index contributed by atoms with van der Waals surface area (Å²) in [7, 11) is 0. The van der Waals surface area contributed by atoms with E-state index in [1.165, 1.54) is 11.1 Å². The maximum Gasteiger partial charge on any atom is 0.163 e. The number of hydrogen-bond donors (Lipinski definition) is 0. The van der Waals surface area contributed by atoms with Gasteiger partial charge < -0.3 is 0 Å². The Morgan fingerprint density at radius 3 is 2.91 bits per heavy atom. The number of rotatable bonds is 0. The number of Topliss-reactive ketones (excluding diaryl/α,β-unsaturated/α-hetero) is 1. The first-order valence-corrected chi connectivity index (χ1v) is 3.90. The van der Waals surface area contributed by atoms with Crippen molar-refractivity contribution in [3.8, 4) is 0 Å². The molecule has 11 heavy (non-hydrogen) atoms. The van der Waals surface area contributed by atoms with Gasteiger partial charge in [-0.3, -0.25) is 4.79 Å². The monoisotopic (exact) mass is 146 g/mol. The van der Waals surface area contributed by atoms with Gasteiger partial charge in [-0.15, -0.1) is 0 Å². The van der Waals surface area contributed by atoms with Crippen molar-refractivity contribution in [1.82, 2.24) is 0 Å². The molecule has 0 saturated carbocycles. The number of carbonyl (C=O) groups is 1. The highest BCUT2D eigenvalue weighted by Gasteiger charge is 2.18. The van der Waals surface area contributed by atoms with Crippen LogP contribution in [-0.4, -0.2) is 5.78 Å².